The van der Waals surface area contributed by atoms with Gasteiger partial charge in [0.15, 0.2) is 6.61 Å². The minimum Gasteiger partial charge on any atom is -0.484 e. The quantitative estimate of drug-likeness (QED) is 0.292. The van der Waals surface area contributed by atoms with Crippen molar-refractivity contribution in [2.24, 2.45) is 0 Å². The number of hydrogen-bond acceptors (Lipinski definition) is 6. The van der Waals surface area contributed by atoms with Gasteiger partial charge in [-0.3, -0.25) is 14.5 Å². The van der Waals surface area contributed by atoms with Gasteiger partial charge in [0.25, 0.3) is 11.8 Å². The number of halogens is 3. The van der Waals surface area contributed by atoms with Crippen molar-refractivity contribution >= 4 is 51.9 Å². The molecule has 1 N–H and O–H groups in total. The van der Waals surface area contributed by atoms with E-state index in [2.05, 4.69) is 5.32 Å². The van der Waals surface area contributed by atoms with Gasteiger partial charge in [0.05, 0.1) is 16.2 Å². The topological polar surface area (TPSA) is 67.9 Å². The van der Waals surface area contributed by atoms with Crippen molar-refractivity contribution in [1.29, 1.82) is 0 Å². The number of carbonyl (C=O) groups is 2. The van der Waals surface area contributed by atoms with Gasteiger partial charge in [-0.05, 0) is 42.3 Å². The molecule has 0 saturated carbocycles. The summed E-state index contributed by atoms with van der Waals surface area (Å²) in [5.74, 6) is -0.538. The number of benzene rings is 2. The first-order chi connectivity index (χ1) is 16.2. The van der Waals surface area contributed by atoms with Crippen molar-refractivity contribution in [3.8, 4) is 5.75 Å². The molecule has 0 bridgehead atoms. The van der Waals surface area contributed by atoms with Crippen LogP contribution in [0, 0.1) is 0 Å². The summed E-state index contributed by atoms with van der Waals surface area (Å²) in [6.07, 6.45) is -2.20. The molecule has 2 aromatic carbocycles. The molecule has 1 aliphatic rings. The minimum atomic E-state index is -4.58. The molecule has 34 heavy (non-hydrogen) atoms. The Morgan fingerprint density at radius 1 is 1.18 bits per heavy atom. The van der Waals surface area contributed by atoms with Crippen LogP contribution in [-0.4, -0.2) is 47.9 Å². The summed E-state index contributed by atoms with van der Waals surface area (Å²) < 4.78 is 50.0. The highest BCUT2D eigenvalue weighted by molar-refractivity contribution is 8.26. The van der Waals surface area contributed by atoms with Crippen LogP contribution in [0.5, 0.6) is 5.75 Å². The number of ether oxygens (including phenoxy) is 2. The van der Waals surface area contributed by atoms with E-state index in [0.29, 0.717) is 34.5 Å². The zero-order chi connectivity index (χ0) is 24.7. The van der Waals surface area contributed by atoms with Crippen LogP contribution in [0.2, 0.25) is 0 Å². The summed E-state index contributed by atoms with van der Waals surface area (Å²) in [4.78, 5) is 26.7. The number of alkyl halides is 3. The van der Waals surface area contributed by atoms with Gasteiger partial charge in [0.1, 0.15) is 10.1 Å². The number of rotatable bonds is 9. The Bertz CT molecular complexity index is 1090. The van der Waals surface area contributed by atoms with Crippen LogP contribution in [0.3, 0.4) is 0 Å². The van der Waals surface area contributed by atoms with E-state index in [4.69, 9.17) is 21.7 Å². The Hall–Kier alpha value is -2.89. The SMILES string of the molecule is COCCCN1C(=O)/C(=C/c2ccc(OCC(=O)Nc3ccccc3C(F)(F)F)cc2)SC1=S. The zero-order valence-corrected chi connectivity index (χ0v) is 19.7. The van der Waals surface area contributed by atoms with Gasteiger partial charge in [-0.2, -0.15) is 13.2 Å². The summed E-state index contributed by atoms with van der Waals surface area (Å²) in [7, 11) is 1.59. The van der Waals surface area contributed by atoms with E-state index in [1.807, 2.05) is 0 Å². The Kier molecular flexibility index (Phi) is 8.70. The first kappa shape index (κ1) is 25.7. The molecule has 2 amide bonds. The summed E-state index contributed by atoms with van der Waals surface area (Å²) in [5.41, 5.74) is -0.538. The first-order valence-electron chi connectivity index (χ1n) is 10.1. The van der Waals surface area contributed by atoms with Gasteiger partial charge in [0.2, 0.25) is 0 Å². The lowest BCUT2D eigenvalue weighted by atomic mass is 10.1. The highest BCUT2D eigenvalue weighted by atomic mass is 32.2. The van der Waals surface area contributed by atoms with Gasteiger partial charge >= 0.3 is 6.18 Å². The van der Waals surface area contributed by atoms with Crippen LogP contribution in [0.25, 0.3) is 6.08 Å². The van der Waals surface area contributed by atoms with Crippen molar-refractivity contribution in [2.45, 2.75) is 12.6 Å². The van der Waals surface area contributed by atoms with E-state index in [-0.39, 0.29) is 11.6 Å². The van der Waals surface area contributed by atoms with Crippen molar-refractivity contribution in [3.05, 3.63) is 64.6 Å². The molecule has 6 nitrogen and oxygen atoms in total. The summed E-state index contributed by atoms with van der Waals surface area (Å²) >= 11 is 6.50. The summed E-state index contributed by atoms with van der Waals surface area (Å²) in [6, 6.07) is 11.3. The number of para-hydroxylation sites is 1. The third-order valence-electron chi connectivity index (χ3n) is 4.66. The zero-order valence-electron chi connectivity index (χ0n) is 18.1. The number of nitrogens with zero attached hydrogens (tertiary/aromatic N) is 1. The van der Waals surface area contributed by atoms with Gasteiger partial charge in [-0.1, -0.05) is 48.2 Å². The fourth-order valence-electron chi connectivity index (χ4n) is 3.05. The predicted octanol–water partition coefficient (Wildman–Crippen LogP) is 4.96. The molecule has 1 heterocycles. The van der Waals surface area contributed by atoms with Gasteiger partial charge in [0, 0.05) is 20.3 Å². The smallest absolute Gasteiger partial charge is 0.418 e. The fraction of sp³-hybridized carbons (Fsp3) is 0.261. The second-order valence-electron chi connectivity index (χ2n) is 7.13. The fourth-order valence-corrected chi connectivity index (χ4v) is 4.35. The standard InChI is InChI=1S/C23H21F3N2O4S2/c1-31-12-4-11-28-21(30)19(34-22(28)33)13-15-7-9-16(10-8-15)32-14-20(29)27-18-6-3-2-5-17(18)23(24,25)26/h2-3,5-10,13H,4,11-12,14H2,1H3,(H,27,29)/b19-13-. The lowest BCUT2D eigenvalue weighted by Gasteiger charge is -2.14. The van der Waals surface area contributed by atoms with Crippen LogP contribution in [-0.2, 0) is 20.5 Å². The maximum atomic E-state index is 13.0. The number of amides is 2. The molecule has 1 aliphatic heterocycles. The average molecular weight is 511 g/mol. The molecule has 1 fully saturated rings. The molecule has 180 valence electrons. The Balaban J connectivity index is 1.56. The monoisotopic (exact) mass is 510 g/mol. The predicted molar refractivity (Wildman–Crippen MR) is 128 cm³/mol. The molecule has 0 spiro atoms. The molecule has 0 unspecified atom stereocenters. The van der Waals surface area contributed by atoms with E-state index in [9.17, 15) is 22.8 Å². The third-order valence-corrected chi connectivity index (χ3v) is 6.04. The first-order valence-corrected chi connectivity index (χ1v) is 11.3. The van der Waals surface area contributed by atoms with Crippen LogP contribution in [0.4, 0.5) is 18.9 Å². The number of thiocarbonyl (C=S) groups is 1. The second-order valence-corrected chi connectivity index (χ2v) is 8.80. The van der Waals surface area contributed by atoms with Crippen molar-refractivity contribution in [3.63, 3.8) is 0 Å². The van der Waals surface area contributed by atoms with Crippen molar-refractivity contribution in [2.75, 3.05) is 32.2 Å². The third kappa shape index (κ3) is 6.81. The lowest BCUT2D eigenvalue weighted by Crippen LogP contribution is -2.29. The van der Waals surface area contributed by atoms with Gasteiger partial charge < -0.3 is 14.8 Å². The molecular weight excluding hydrogens is 489 g/mol. The highest BCUT2D eigenvalue weighted by Crippen LogP contribution is 2.35. The van der Waals surface area contributed by atoms with Gasteiger partial charge in [-0.25, -0.2) is 0 Å². The van der Waals surface area contributed by atoms with E-state index in [0.717, 1.165) is 11.6 Å². The van der Waals surface area contributed by atoms with Crippen molar-refractivity contribution in [1.82, 2.24) is 4.90 Å². The van der Waals surface area contributed by atoms with Crippen LogP contribution in [0.15, 0.2) is 53.4 Å². The van der Waals surface area contributed by atoms with Crippen LogP contribution in [0.1, 0.15) is 17.5 Å². The number of nitrogens with one attached hydrogen (secondary N) is 1. The molecule has 3 rings (SSSR count). The minimum absolute atomic E-state index is 0.165. The lowest BCUT2D eigenvalue weighted by molar-refractivity contribution is -0.137. The van der Waals surface area contributed by atoms with E-state index < -0.39 is 24.3 Å². The largest absolute Gasteiger partial charge is 0.484 e. The normalized spacial score (nSPS) is 15.2. The molecule has 0 atom stereocenters. The second kappa shape index (κ2) is 11.5. The summed E-state index contributed by atoms with van der Waals surface area (Å²) in [5, 5.41) is 2.22. The molecular formula is C23H21F3N2O4S2. The molecule has 0 radical (unpaired) electrons. The Morgan fingerprint density at radius 2 is 1.88 bits per heavy atom. The molecule has 11 heteroatoms. The molecule has 1 saturated heterocycles. The van der Waals surface area contributed by atoms with Gasteiger partial charge in [-0.15, -0.1) is 0 Å². The molecule has 0 aromatic heterocycles. The number of carbonyl (C=O) groups excluding carboxylic acids is 2. The van der Waals surface area contributed by atoms with Crippen LogP contribution < -0.4 is 10.1 Å². The average Bonchev–Trinajstić information content (AvgIpc) is 3.06. The Morgan fingerprint density at radius 3 is 2.56 bits per heavy atom. The Labute approximate surface area is 204 Å². The van der Waals surface area contributed by atoms with E-state index >= 15 is 0 Å². The number of hydrogen-bond donors (Lipinski definition) is 1. The highest BCUT2D eigenvalue weighted by Gasteiger charge is 2.33. The van der Waals surface area contributed by atoms with Crippen LogP contribution >= 0.6 is 24.0 Å². The molecule has 2 aromatic rings. The van der Waals surface area contributed by atoms with Crippen molar-refractivity contribution < 1.29 is 32.2 Å². The molecule has 0 aliphatic carbocycles. The number of thioether (sulfide) groups is 1. The maximum Gasteiger partial charge on any atom is 0.418 e. The maximum absolute atomic E-state index is 13.0. The summed E-state index contributed by atoms with van der Waals surface area (Å²) in [6.45, 7) is 0.550. The van der Waals surface area contributed by atoms with E-state index in [1.165, 1.54) is 34.9 Å². The number of anilines is 1. The van der Waals surface area contributed by atoms with E-state index in [1.54, 1.807) is 37.5 Å². The number of methoxy groups -OCH3 is 1.